The Hall–Kier alpha value is -3.09. The molecule has 0 aliphatic heterocycles. The number of nitrogens with zero attached hydrogens (tertiary/aromatic N) is 2. The summed E-state index contributed by atoms with van der Waals surface area (Å²) in [6.07, 6.45) is 2.24. The Morgan fingerprint density at radius 1 is 1.28 bits per heavy atom. The maximum absolute atomic E-state index is 11.3. The number of aryl methyl sites for hydroxylation is 1. The molecule has 0 radical (unpaired) electrons. The molecule has 7 heteroatoms. The standard InChI is InChI=1S/C18H21N3O4/c1-4-9-25-18-16(21(22)23)10-14(11-17(18)24-3)12-19-20-15-7-5-13(2)6-8-15/h5-8,10-12,20H,4,9H2,1-3H3/b19-12+. The van der Waals surface area contributed by atoms with Crippen LogP contribution in [0.3, 0.4) is 0 Å². The molecule has 0 aromatic heterocycles. The van der Waals surface area contributed by atoms with Crippen molar-refractivity contribution in [3.8, 4) is 11.5 Å². The molecular formula is C18H21N3O4. The van der Waals surface area contributed by atoms with E-state index >= 15 is 0 Å². The lowest BCUT2D eigenvalue weighted by atomic mass is 10.2. The van der Waals surface area contributed by atoms with Crippen LogP contribution in [0.2, 0.25) is 0 Å². The van der Waals surface area contributed by atoms with Gasteiger partial charge in [-0.25, -0.2) is 0 Å². The molecular weight excluding hydrogens is 322 g/mol. The first-order chi connectivity index (χ1) is 12.0. The van der Waals surface area contributed by atoms with Crippen LogP contribution in [0.5, 0.6) is 11.5 Å². The van der Waals surface area contributed by atoms with Crippen LogP contribution in [-0.2, 0) is 0 Å². The summed E-state index contributed by atoms with van der Waals surface area (Å²) in [6, 6.07) is 10.8. The molecule has 2 aromatic carbocycles. The van der Waals surface area contributed by atoms with E-state index in [0.29, 0.717) is 17.9 Å². The number of nitro groups is 1. The Morgan fingerprint density at radius 2 is 2.00 bits per heavy atom. The van der Waals surface area contributed by atoms with Crippen LogP contribution in [0, 0.1) is 17.0 Å². The second-order valence-electron chi connectivity index (χ2n) is 5.41. The molecule has 0 aliphatic rings. The van der Waals surface area contributed by atoms with Gasteiger partial charge in [0.2, 0.25) is 5.75 Å². The van der Waals surface area contributed by atoms with Gasteiger partial charge in [0, 0.05) is 11.6 Å². The Morgan fingerprint density at radius 3 is 2.60 bits per heavy atom. The zero-order chi connectivity index (χ0) is 18.2. The van der Waals surface area contributed by atoms with Crippen molar-refractivity contribution in [1.82, 2.24) is 0 Å². The number of anilines is 1. The van der Waals surface area contributed by atoms with E-state index in [1.54, 1.807) is 6.07 Å². The summed E-state index contributed by atoms with van der Waals surface area (Å²) < 4.78 is 10.7. The van der Waals surface area contributed by atoms with E-state index in [2.05, 4.69) is 10.5 Å². The second-order valence-corrected chi connectivity index (χ2v) is 5.41. The number of hydrogen-bond donors (Lipinski definition) is 1. The first-order valence-corrected chi connectivity index (χ1v) is 7.90. The number of hydrazone groups is 1. The van der Waals surface area contributed by atoms with Crippen LogP contribution in [0.1, 0.15) is 24.5 Å². The number of hydrogen-bond acceptors (Lipinski definition) is 6. The minimum atomic E-state index is -0.488. The monoisotopic (exact) mass is 343 g/mol. The van der Waals surface area contributed by atoms with Crippen LogP contribution >= 0.6 is 0 Å². The number of benzene rings is 2. The summed E-state index contributed by atoms with van der Waals surface area (Å²) >= 11 is 0. The zero-order valence-corrected chi connectivity index (χ0v) is 14.5. The van der Waals surface area contributed by atoms with Gasteiger partial charge in [-0.3, -0.25) is 15.5 Å². The van der Waals surface area contributed by atoms with Crippen LogP contribution in [-0.4, -0.2) is 24.9 Å². The third-order valence-corrected chi connectivity index (χ3v) is 3.38. The number of rotatable bonds is 8. The molecule has 0 saturated carbocycles. The maximum Gasteiger partial charge on any atom is 0.315 e. The molecule has 0 fully saturated rings. The minimum absolute atomic E-state index is 0.137. The minimum Gasteiger partial charge on any atom is -0.493 e. The molecule has 0 saturated heterocycles. The summed E-state index contributed by atoms with van der Waals surface area (Å²) in [5.74, 6) is 0.442. The van der Waals surface area contributed by atoms with Crippen molar-refractivity contribution in [2.45, 2.75) is 20.3 Å². The fourth-order valence-corrected chi connectivity index (χ4v) is 2.13. The summed E-state index contributed by atoms with van der Waals surface area (Å²) in [4.78, 5) is 10.9. The van der Waals surface area contributed by atoms with Crippen molar-refractivity contribution in [3.63, 3.8) is 0 Å². The van der Waals surface area contributed by atoms with Crippen LogP contribution in [0.25, 0.3) is 0 Å². The predicted molar refractivity (Wildman–Crippen MR) is 97.8 cm³/mol. The first-order valence-electron chi connectivity index (χ1n) is 7.90. The molecule has 0 atom stereocenters. The Labute approximate surface area is 146 Å². The van der Waals surface area contributed by atoms with Crippen LogP contribution < -0.4 is 14.9 Å². The van der Waals surface area contributed by atoms with Crippen molar-refractivity contribution >= 4 is 17.6 Å². The summed E-state index contributed by atoms with van der Waals surface area (Å²) in [6.45, 7) is 4.30. The topological polar surface area (TPSA) is 86.0 Å². The van der Waals surface area contributed by atoms with E-state index in [1.165, 1.54) is 19.4 Å². The number of ether oxygens (including phenoxy) is 2. The van der Waals surface area contributed by atoms with Gasteiger partial charge in [0.25, 0.3) is 0 Å². The largest absolute Gasteiger partial charge is 0.493 e. The quantitative estimate of drug-likeness (QED) is 0.442. The highest BCUT2D eigenvalue weighted by atomic mass is 16.6. The average Bonchev–Trinajstić information content (AvgIpc) is 2.61. The van der Waals surface area contributed by atoms with Gasteiger partial charge in [-0.2, -0.15) is 5.10 Å². The van der Waals surface area contributed by atoms with Gasteiger partial charge in [-0.05, 0) is 31.5 Å². The summed E-state index contributed by atoms with van der Waals surface area (Å²) in [5, 5.41) is 15.5. The van der Waals surface area contributed by atoms with Gasteiger partial charge in [0.1, 0.15) is 0 Å². The molecule has 2 rings (SSSR count). The fraction of sp³-hybridized carbons (Fsp3) is 0.278. The van der Waals surface area contributed by atoms with E-state index in [4.69, 9.17) is 9.47 Å². The van der Waals surface area contributed by atoms with Crippen molar-refractivity contribution < 1.29 is 14.4 Å². The molecule has 0 aliphatic carbocycles. The predicted octanol–water partition coefficient (Wildman–Crippen LogP) is 4.15. The molecule has 0 unspecified atom stereocenters. The van der Waals surface area contributed by atoms with Gasteiger partial charge in [0.15, 0.2) is 5.75 Å². The Kier molecular flexibility index (Phi) is 6.33. The molecule has 7 nitrogen and oxygen atoms in total. The van der Waals surface area contributed by atoms with Gasteiger partial charge >= 0.3 is 5.69 Å². The van der Waals surface area contributed by atoms with Crippen LogP contribution in [0.4, 0.5) is 11.4 Å². The Bertz CT molecular complexity index is 758. The molecule has 0 bridgehead atoms. The van der Waals surface area contributed by atoms with E-state index in [-0.39, 0.29) is 11.4 Å². The van der Waals surface area contributed by atoms with E-state index in [9.17, 15) is 10.1 Å². The Balaban J connectivity index is 2.25. The summed E-state index contributed by atoms with van der Waals surface area (Å²) in [5.41, 5.74) is 5.24. The van der Waals surface area contributed by atoms with Crippen molar-refractivity contribution in [1.29, 1.82) is 0 Å². The molecule has 132 valence electrons. The lowest BCUT2D eigenvalue weighted by Crippen LogP contribution is -2.03. The van der Waals surface area contributed by atoms with E-state index in [1.807, 2.05) is 38.1 Å². The van der Waals surface area contributed by atoms with Crippen molar-refractivity contribution in [3.05, 3.63) is 57.6 Å². The fourth-order valence-electron chi connectivity index (χ4n) is 2.13. The SMILES string of the molecule is CCCOc1c(OC)cc(/C=N/Nc2ccc(C)cc2)cc1[N+](=O)[O-]. The highest BCUT2D eigenvalue weighted by Gasteiger charge is 2.21. The van der Waals surface area contributed by atoms with Gasteiger partial charge in [0.05, 0.1) is 30.5 Å². The third-order valence-electron chi connectivity index (χ3n) is 3.38. The van der Waals surface area contributed by atoms with Crippen molar-refractivity contribution in [2.75, 3.05) is 19.1 Å². The van der Waals surface area contributed by atoms with Gasteiger partial charge in [-0.1, -0.05) is 24.6 Å². The number of methoxy groups -OCH3 is 1. The van der Waals surface area contributed by atoms with Gasteiger partial charge in [-0.15, -0.1) is 0 Å². The molecule has 0 heterocycles. The highest BCUT2D eigenvalue weighted by molar-refractivity contribution is 5.83. The second kappa shape index (κ2) is 8.68. The maximum atomic E-state index is 11.3. The van der Waals surface area contributed by atoms with E-state index < -0.39 is 4.92 Å². The smallest absolute Gasteiger partial charge is 0.315 e. The molecule has 2 aromatic rings. The lowest BCUT2D eigenvalue weighted by molar-refractivity contribution is -0.386. The first kappa shape index (κ1) is 18.3. The summed E-state index contributed by atoms with van der Waals surface area (Å²) in [7, 11) is 1.45. The molecule has 0 spiro atoms. The normalized spacial score (nSPS) is 10.7. The number of nitrogens with one attached hydrogen (secondary N) is 1. The van der Waals surface area contributed by atoms with Gasteiger partial charge < -0.3 is 9.47 Å². The zero-order valence-electron chi connectivity index (χ0n) is 14.5. The van der Waals surface area contributed by atoms with E-state index in [0.717, 1.165) is 17.7 Å². The molecule has 0 amide bonds. The highest BCUT2D eigenvalue weighted by Crippen LogP contribution is 2.38. The molecule has 25 heavy (non-hydrogen) atoms. The van der Waals surface area contributed by atoms with Crippen molar-refractivity contribution in [2.24, 2.45) is 5.10 Å². The average molecular weight is 343 g/mol. The van der Waals surface area contributed by atoms with Crippen LogP contribution in [0.15, 0.2) is 41.5 Å². The lowest BCUT2D eigenvalue weighted by Gasteiger charge is -2.11. The molecule has 1 N–H and O–H groups in total. The number of nitro benzene ring substituents is 1. The third kappa shape index (κ3) is 4.94.